The van der Waals surface area contributed by atoms with Crippen LogP contribution >= 0.6 is 0 Å². The van der Waals surface area contributed by atoms with Gasteiger partial charge in [0, 0.05) is 13.0 Å². The largest absolute Gasteiger partial charge is 0.479 e. The van der Waals surface area contributed by atoms with Crippen molar-refractivity contribution in [2.45, 2.75) is 31.0 Å². The van der Waals surface area contributed by atoms with Crippen LogP contribution in [0.4, 0.5) is 0 Å². The maximum atomic E-state index is 10.5. The molecule has 2 fully saturated rings. The number of piperidine rings is 1. The predicted octanol–water partition coefficient (Wildman–Crippen LogP) is -0.0179. The average Bonchev–Trinajstić information content (AvgIpc) is 2.01. The van der Waals surface area contributed by atoms with Crippen molar-refractivity contribution in [2.75, 3.05) is 13.1 Å². The van der Waals surface area contributed by atoms with Gasteiger partial charge in [0.2, 0.25) is 0 Å². The number of hydrogen-bond acceptors (Lipinski definition) is 3. The van der Waals surface area contributed by atoms with E-state index in [2.05, 4.69) is 5.32 Å². The first-order valence-corrected chi connectivity index (χ1v) is 4.33. The molecule has 0 aromatic heterocycles. The number of carbonyl (C=O) groups is 1. The van der Waals surface area contributed by atoms with Gasteiger partial charge in [0.25, 0.3) is 0 Å². The van der Waals surface area contributed by atoms with E-state index in [4.69, 9.17) is 9.84 Å². The molecule has 0 bridgehead atoms. The molecule has 12 heavy (non-hydrogen) atoms. The number of nitrogens with one attached hydrogen (secondary N) is 1. The molecule has 2 atom stereocenters. The van der Waals surface area contributed by atoms with Crippen molar-refractivity contribution in [3.63, 3.8) is 0 Å². The molecule has 2 N–H and O–H groups in total. The Labute approximate surface area is 70.9 Å². The zero-order valence-corrected chi connectivity index (χ0v) is 6.88. The summed E-state index contributed by atoms with van der Waals surface area (Å²) in [6, 6.07) is 0. The summed E-state index contributed by atoms with van der Waals surface area (Å²) in [6.07, 6.45) is 2.22. The quantitative estimate of drug-likeness (QED) is 0.582. The molecule has 0 amide bonds. The molecular formula is C8H13NO3. The third-order valence-electron chi connectivity index (χ3n) is 2.66. The van der Waals surface area contributed by atoms with Gasteiger partial charge in [-0.1, -0.05) is 0 Å². The minimum atomic E-state index is -0.828. The van der Waals surface area contributed by atoms with Gasteiger partial charge < -0.3 is 15.2 Å². The van der Waals surface area contributed by atoms with Gasteiger partial charge in [-0.15, -0.1) is 0 Å². The SMILES string of the molecule is O=C(O)[C@H]1C[C@]2(CCCNC2)O1. The lowest BCUT2D eigenvalue weighted by Gasteiger charge is -2.48. The standard InChI is InChI=1S/C8H13NO3/c10-7(11)6-4-8(12-6)2-1-3-9-5-8/h6,9H,1-5H2,(H,10,11)/t6-,8+/m1/s1. The molecule has 2 rings (SSSR count). The van der Waals surface area contributed by atoms with E-state index in [9.17, 15) is 4.79 Å². The minimum Gasteiger partial charge on any atom is -0.479 e. The lowest BCUT2D eigenvalue weighted by atomic mass is 9.83. The van der Waals surface area contributed by atoms with E-state index in [0.29, 0.717) is 6.42 Å². The van der Waals surface area contributed by atoms with Crippen LogP contribution in [0.2, 0.25) is 0 Å². The van der Waals surface area contributed by atoms with E-state index >= 15 is 0 Å². The maximum Gasteiger partial charge on any atom is 0.332 e. The number of ether oxygens (including phenoxy) is 1. The molecular weight excluding hydrogens is 158 g/mol. The second-order valence-electron chi connectivity index (χ2n) is 3.61. The van der Waals surface area contributed by atoms with Gasteiger partial charge in [-0.2, -0.15) is 0 Å². The van der Waals surface area contributed by atoms with E-state index in [-0.39, 0.29) is 5.60 Å². The van der Waals surface area contributed by atoms with Crippen LogP contribution in [0.15, 0.2) is 0 Å². The Bertz CT molecular complexity index is 190. The zero-order chi connectivity index (χ0) is 8.60. The van der Waals surface area contributed by atoms with Crippen molar-refractivity contribution in [1.29, 1.82) is 0 Å². The van der Waals surface area contributed by atoms with Crippen molar-refractivity contribution in [3.8, 4) is 0 Å². The molecule has 4 nitrogen and oxygen atoms in total. The van der Waals surface area contributed by atoms with E-state index in [1.807, 2.05) is 0 Å². The molecule has 4 heteroatoms. The van der Waals surface area contributed by atoms with Crippen LogP contribution in [-0.4, -0.2) is 35.9 Å². The molecule has 2 aliphatic heterocycles. The Kier molecular flexibility index (Phi) is 1.81. The molecule has 0 saturated carbocycles. The van der Waals surface area contributed by atoms with Crippen LogP contribution in [-0.2, 0) is 9.53 Å². The van der Waals surface area contributed by atoms with Gasteiger partial charge >= 0.3 is 5.97 Å². The lowest BCUT2D eigenvalue weighted by Crippen LogP contribution is -2.60. The second kappa shape index (κ2) is 2.71. The van der Waals surface area contributed by atoms with Gasteiger partial charge in [0.05, 0.1) is 5.60 Å². The summed E-state index contributed by atoms with van der Waals surface area (Å²) in [5.74, 6) is -0.828. The Morgan fingerprint density at radius 3 is 2.92 bits per heavy atom. The van der Waals surface area contributed by atoms with Crippen LogP contribution < -0.4 is 5.32 Å². The van der Waals surface area contributed by atoms with Crippen LogP contribution in [0.1, 0.15) is 19.3 Å². The lowest BCUT2D eigenvalue weighted by molar-refractivity contribution is -0.223. The fourth-order valence-electron chi connectivity index (χ4n) is 1.98. The average molecular weight is 171 g/mol. The molecule has 0 aromatic rings. The number of aliphatic carboxylic acids is 1. The Morgan fingerprint density at radius 1 is 1.67 bits per heavy atom. The monoisotopic (exact) mass is 171 g/mol. The van der Waals surface area contributed by atoms with Crippen LogP contribution in [0.3, 0.4) is 0 Å². The summed E-state index contributed by atoms with van der Waals surface area (Å²) >= 11 is 0. The number of rotatable bonds is 1. The summed E-state index contributed by atoms with van der Waals surface area (Å²) in [5, 5.41) is 11.8. The summed E-state index contributed by atoms with van der Waals surface area (Å²) in [4.78, 5) is 10.5. The van der Waals surface area contributed by atoms with E-state index in [0.717, 1.165) is 25.9 Å². The van der Waals surface area contributed by atoms with Gasteiger partial charge in [-0.05, 0) is 19.4 Å². The van der Waals surface area contributed by atoms with Crippen LogP contribution in [0, 0.1) is 0 Å². The Balaban J connectivity index is 1.88. The zero-order valence-electron chi connectivity index (χ0n) is 6.88. The van der Waals surface area contributed by atoms with E-state index < -0.39 is 12.1 Å². The van der Waals surface area contributed by atoms with Crippen LogP contribution in [0.25, 0.3) is 0 Å². The predicted molar refractivity (Wildman–Crippen MR) is 42.0 cm³/mol. The molecule has 0 unspecified atom stereocenters. The van der Waals surface area contributed by atoms with Crippen LogP contribution in [0.5, 0.6) is 0 Å². The third kappa shape index (κ3) is 1.21. The smallest absolute Gasteiger partial charge is 0.332 e. The first-order chi connectivity index (χ1) is 5.72. The molecule has 68 valence electrons. The van der Waals surface area contributed by atoms with Gasteiger partial charge in [0.15, 0.2) is 6.10 Å². The molecule has 0 radical (unpaired) electrons. The minimum absolute atomic E-state index is 0.138. The summed E-state index contributed by atoms with van der Waals surface area (Å²) < 4.78 is 5.37. The maximum absolute atomic E-state index is 10.5. The Hall–Kier alpha value is -0.610. The number of carboxylic acids is 1. The first kappa shape index (κ1) is 8.01. The summed E-state index contributed by atoms with van der Waals surface area (Å²) in [7, 11) is 0. The second-order valence-corrected chi connectivity index (χ2v) is 3.61. The number of hydrogen-bond donors (Lipinski definition) is 2. The highest BCUT2D eigenvalue weighted by Crippen LogP contribution is 2.37. The van der Waals surface area contributed by atoms with E-state index in [1.54, 1.807) is 0 Å². The molecule has 1 spiro atoms. The van der Waals surface area contributed by atoms with Gasteiger partial charge in [-0.25, -0.2) is 4.79 Å². The van der Waals surface area contributed by atoms with Crippen molar-refractivity contribution < 1.29 is 14.6 Å². The summed E-state index contributed by atoms with van der Waals surface area (Å²) in [5.41, 5.74) is -0.138. The molecule has 0 aliphatic carbocycles. The molecule has 2 saturated heterocycles. The summed E-state index contributed by atoms with van der Waals surface area (Å²) in [6.45, 7) is 1.85. The van der Waals surface area contributed by atoms with Crippen molar-refractivity contribution in [2.24, 2.45) is 0 Å². The van der Waals surface area contributed by atoms with Crippen molar-refractivity contribution in [1.82, 2.24) is 5.32 Å². The first-order valence-electron chi connectivity index (χ1n) is 4.33. The fraction of sp³-hybridized carbons (Fsp3) is 0.875. The van der Waals surface area contributed by atoms with Gasteiger partial charge in [-0.3, -0.25) is 0 Å². The van der Waals surface area contributed by atoms with Crippen molar-refractivity contribution >= 4 is 5.97 Å². The van der Waals surface area contributed by atoms with Gasteiger partial charge in [0.1, 0.15) is 0 Å². The highest BCUT2D eigenvalue weighted by Gasteiger charge is 2.49. The fourth-order valence-corrected chi connectivity index (χ4v) is 1.98. The molecule has 2 heterocycles. The van der Waals surface area contributed by atoms with Crippen molar-refractivity contribution in [3.05, 3.63) is 0 Å². The molecule has 2 aliphatic rings. The van der Waals surface area contributed by atoms with E-state index in [1.165, 1.54) is 0 Å². The highest BCUT2D eigenvalue weighted by molar-refractivity contribution is 5.73. The third-order valence-corrected chi connectivity index (χ3v) is 2.66. The number of carboxylic acid groups (broad SMARTS) is 1. The molecule has 0 aromatic carbocycles. The highest BCUT2D eigenvalue weighted by atomic mass is 16.6. The normalized spacial score (nSPS) is 40.8. The Morgan fingerprint density at radius 2 is 2.42 bits per heavy atom. The topological polar surface area (TPSA) is 58.6 Å².